The van der Waals surface area contributed by atoms with E-state index in [2.05, 4.69) is 45.0 Å². The summed E-state index contributed by atoms with van der Waals surface area (Å²) in [6, 6.07) is 12.3. The molecule has 1 N–H and O–H groups in total. The quantitative estimate of drug-likeness (QED) is 0.364. The molecule has 2 aromatic carbocycles. The predicted molar refractivity (Wildman–Crippen MR) is 158 cm³/mol. The van der Waals surface area contributed by atoms with Gasteiger partial charge in [0.05, 0.1) is 5.60 Å². The second kappa shape index (κ2) is 11.0. The fraction of sp³-hybridized carbons (Fsp3) is 0.529. The molecular weight excluding hydrogens is 502 g/mol. The van der Waals surface area contributed by atoms with E-state index in [-0.39, 0.29) is 23.7 Å². The van der Waals surface area contributed by atoms with E-state index in [0.29, 0.717) is 49.4 Å². The first-order chi connectivity index (χ1) is 19.0. The zero-order chi connectivity index (χ0) is 28.7. The Morgan fingerprint density at radius 3 is 2.55 bits per heavy atom. The third-order valence-corrected chi connectivity index (χ3v) is 9.24. The lowest BCUT2D eigenvalue weighted by Crippen LogP contribution is -2.54. The summed E-state index contributed by atoms with van der Waals surface area (Å²) in [6.07, 6.45) is 5.24. The topological polar surface area (TPSA) is 80.0 Å². The average Bonchev–Trinajstić information content (AvgIpc) is 2.92. The van der Waals surface area contributed by atoms with E-state index in [4.69, 9.17) is 9.15 Å². The van der Waals surface area contributed by atoms with Crippen molar-refractivity contribution in [2.24, 2.45) is 5.92 Å². The first kappa shape index (κ1) is 28.4. The Balaban J connectivity index is 1.26. The molecule has 214 valence electrons. The maximum absolute atomic E-state index is 13.1. The molecule has 1 saturated heterocycles. The van der Waals surface area contributed by atoms with E-state index >= 15 is 0 Å². The number of hydrogen-bond donors (Lipinski definition) is 1. The highest BCUT2D eigenvalue weighted by molar-refractivity contribution is 5.86. The molecule has 1 saturated carbocycles. The van der Waals surface area contributed by atoms with Gasteiger partial charge in [0.15, 0.2) is 0 Å². The number of carbonyl (C=O) groups excluding carboxylic acids is 1. The maximum Gasteiger partial charge on any atom is 0.339 e. The second-order valence-electron chi connectivity index (χ2n) is 12.9. The van der Waals surface area contributed by atoms with Gasteiger partial charge in [-0.15, -0.1) is 0 Å². The predicted octanol–water partition coefficient (Wildman–Crippen LogP) is 6.37. The number of amides is 1. The number of ether oxygens (including phenoxy) is 1. The van der Waals surface area contributed by atoms with Crippen molar-refractivity contribution in [1.29, 1.82) is 0 Å². The summed E-state index contributed by atoms with van der Waals surface area (Å²) in [4.78, 5) is 28.0. The molecule has 0 unspecified atom stereocenters. The first-order valence-electron chi connectivity index (χ1n) is 14.7. The van der Waals surface area contributed by atoms with Crippen LogP contribution in [0.1, 0.15) is 87.1 Å². The molecule has 1 aromatic heterocycles. The minimum Gasteiger partial charge on any atom is -0.488 e. The Hall–Kier alpha value is -3.12. The molecule has 3 aromatic rings. The molecule has 2 atom stereocenters. The third kappa shape index (κ3) is 5.69. The highest BCUT2D eigenvalue weighted by Crippen LogP contribution is 2.40. The van der Waals surface area contributed by atoms with Gasteiger partial charge in [0.2, 0.25) is 5.91 Å². The molecule has 5 rings (SSSR count). The summed E-state index contributed by atoms with van der Waals surface area (Å²) < 4.78 is 11.9. The van der Waals surface area contributed by atoms with Crippen LogP contribution >= 0.6 is 0 Å². The van der Waals surface area contributed by atoms with Crippen molar-refractivity contribution < 1.29 is 19.1 Å². The summed E-state index contributed by atoms with van der Waals surface area (Å²) in [5.74, 6) is 0.890. The minimum absolute atomic E-state index is 0.0435. The molecule has 1 aliphatic heterocycles. The fourth-order valence-corrected chi connectivity index (χ4v) is 6.47. The SMILES string of the molecule is Cc1c(CCC(=O)N2CC[C@@]3(O)CCCC[C@@H]3C2)c(=O)oc2c(C)c(OCc3ccc(C(C)(C)C)cc3)ccc12. The minimum atomic E-state index is -0.609. The molecular formula is C34H43NO5. The molecule has 2 fully saturated rings. The number of benzene rings is 2. The number of likely N-dealkylation sites (tertiary alicyclic amines) is 1. The van der Waals surface area contributed by atoms with Gasteiger partial charge >= 0.3 is 5.63 Å². The Morgan fingerprint density at radius 2 is 1.82 bits per heavy atom. The largest absolute Gasteiger partial charge is 0.488 e. The summed E-state index contributed by atoms with van der Waals surface area (Å²) in [7, 11) is 0. The number of rotatable bonds is 6. The van der Waals surface area contributed by atoms with Crippen LogP contribution in [0.15, 0.2) is 45.6 Å². The summed E-state index contributed by atoms with van der Waals surface area (Å²) in [6.45, 7) is 12.1. The summed E-state index contributed by atoms with van der Waals surface area (Å²) in [5, 5.41) is 11.8. The number of carbonyl (C=O) groups is 1. The van der Waals surface area contributed by atoms with Crippen molar-refractivity contribution >= 4 is 16.9 Å². The van der Waals surface area contributed by atoms with Gasteiger partial charge < -0.3 is 19.2 Å². The van der Waals surface area contributed by atoms with Gasteiger partial charge in [0.25, 0.3) is 0 Å². The van der Waals surface area contributed by atoms with E-state index in [0.717, 1.165) is 47.8 Å². The molecule has 0 bridgehead atoms. The van der Waals surface area contributed by atoms with Gasteiger partial charge in [0, 0.05) is 41.9 Å². The van der Waals surface area contributed by atoms with Crippen LogP contribution in [0.2, 0.25) is 0 Å². The molecule has 0 radical (unpaired) electrons. The molecule has 1 aliphatic carbocycles. The third-order valence-electron chi connectivity index (χ3n) is 9.24. The lowest BCUT2D eigenvalue weighted by atomic mass is 9.71. The van der Waals surface area contributed by atoms with Crippen molar-refractivity contribution in [2.75, 3.05) is 13.1 Å². The molecule has 2 aliphatic rings. The number of fused-ring (bicyclic) bond motifs is 2. The normalized spacial score (nSPS) is 21.4. The second-order valence-corrected chi connectivity index (χ2v) is 12.9. The van der Waals surface area contributed by atoms with Gasteiger partial charge in [0.1, 0.15) is 17.9 Å². The number of nitrogens with zero attached hydrogens (tertiary/aromatic N) is 1. The van der Waals surface area contributed by atoms with E-state index in [1.807, 2.05) is 30.9 Å². The number of aliphatic hydroxyl groups is 1. The fourth-order valence-electron chi connectivity index (χ4n) is 6.47. The lowest BCUT2D eigenvalue weighted by Gasteiger charge is -2.47. The van der Waals surface area contributed by atoms with Gasteiger partial charge in [-0.25, -0.2) is 4.79 Å². The van der Waals surface area contributed by atoms with Crippen LogP contribution in [0.25, 0.3) is 11.0 Å². The molecule has 1 amide bonds. The van der Waals surface area contributed by atoms with E-state index in [1.165, 1.54) is 5.56 Å². The Kier molecular flexibility index (Phi) is 7.84. The van der Waals surface area contributed by atoms with Gasteiger partial charge in [-0.3, -0.25) is 4.79 Å². The Labute approximate surface area is 237 Å². The smallest absolute Gasteiger partial charge is 0.339 e. The van der Waals surface area contributed by atoms with Crippen molar-refractivity contribution in [1.82, 2.24) is 4.90 Å². The van der Waals surface area contributed by atoms with Crippen LogP contribution in [-0.2, 0) is 23.2 Å². The van der Waals surface area contributed by atoms with Crippen LogP contribution in [0.3, 0.4) is 0 Å². The monoisotopic (exact) mass is 545 g/mol. The number of piperidine rings is 1. The molecule has 2 heterocycles. The van der Waals surface area contributed by atoms with Crippen LogP contribution in [0, 0.1) is 19.8 Å². The zero-order valence-corrected chi connectivity index (χ0v) is 24.6. The Bertz CT molecular complexity index is 1450. The maximum atomic E-state index is 13.1. The summed E-state index contributed by atoms with van der Waals surface area (Å²) in [5.41, 5.74) is 4.19. The molecule has 6 nitrogen and oxygen atoms in total. The summed E-state index contributed by atoms with van der Waals surface area (Å²) >= 11 is 0. The van der Waals surface area contributed by atoms with Crippen LogP contribution in [0.4, 0.5) is 0 Å². The molecule has 40 heavy (non-hydrogen) atoms. The molecule has 6 heteroatoms. The van der Waals surface area contributed by atoms with E-state index in [1.54, 1.807) is 0 Å². The number of aryl methyl sites for hydroxylation is 2. The van der Waals surface area contributed by atoms with Gasteiger partial charge in [-0.1, -0.05) is 57.9 Å². The van der Waals surface area contributed by atoms with Crippen LogP contribution in [-0.4, -0.2) is 34.6 Å². The Morgan fingerprint density at radius 1 is 1.07 bits per heavy atom. The highest BCUT2D eigenvalue weighted by Gasteiger charge is 2.43. The van der Waals surface area contributed by atoms with Crippen molar-refractivity contribution in [2.45, 2.75) is 97.2 Å². The van der Waals surface area contributed by atoms with Gasteiger partial charge in [-0.05, 0) is 73.8 Å². The standard InChI is InChI=1S/C34H43NO5/c1-22-27-13-15-29(39-21-24-9-11-25(12-10-24)33(3,4)5)23(2)31(27)40-32(37)28(22)14-16-30(36)35-19-18-34(38)17-7-6-8-26(34)20-35/h9-13,15,26,38H,6-8,14,16-21H2,1-5H3/t26-,34+/m1/s1. The van der Waals surface area contributed by atoms with E-state index < -0.39 is 11.2 Å². The molecule has 0 spiro atoms. The van der Waals surface area contributed by atoms with Crippen molar-refractivity contribution in [3.63, 3.8) is 0 Å². The van der Waals surface area contributed by atoms with Crippen LogP contribution in [0.5, 0.6) is 5.75 Å². The highest BCUT2D eigenvalue weighted by atomic mass is 16.5. The zero-order valence-electron chi connectivity index (χ0n) is 24.6. The van der Waals surface area contributed by atoms with Crippen LogP contribution < -0.4 is 10.4 Å². The van der Waals surface area contributed by atoms with Crippen molar-refractivity contribution in [3.05, 3.63) is 74.6 Å². The van der Waals surface area contributed by atoms with Crippen molar-refractivity contribution in [3.8, 4) is 5.75 Å². The van der Waals surface area contributed by atoms with E-state index in [9.17, 15) is 14.7 Å². The first-order valence-corrected chi connectivity index (χ1v) is 14.7. The average molecular weight is 546 g/mol. The van der Waals surface area contributed by atoms with Gasteiger partial charge in [-0.2, -0.15) is 0 Å². The lowest BCUT2D eigenvalue weighted by molar-refractivity contribution is -0.143. The number of hydrogen-bond acceptors (Lipinski definition) is 5.